The maximum absolute atomic E-state index is 10.8. The fourth-order valence-corrected chi connectivity index (χ4v) is 3.57. The first-order chi connectivity index (χ1) is 8.74. The Balaban J connectivity index is 1.79. The van der Waals surface area contributed by atoms with E-state index in [-0.39, 0.29) is 12.5 Å². The van der Waals surface area contributed by atoms with Crippen LogP contribution in [0, 0.1) is 0 Å². The van der Waals surface area contributed by atoms with Gasteiger partial charge in [-0.1, -0.05) is 24.6 Å². The van der Waals surface area contributed by atoms with Gasteiger partial charge in [-0.25, -0.2) is 4.68 Å². The van der Waals surface area contributed by atoms with E-state index in [2.05, 4.69) is 15.6 Å². The minimum Gasteiger partial charge on any atom is -0.481 e. The van der Waals surface area contributed by atoms with E-state index in [0.717, 1.165) is 29.6 Å². The van der Waals surface area contributed by atoms with Crippen LogP contribution in [0.2, 0.25) is 0 Å². The summed E-state index contributed by atoms with van der Waals surface area (Å²) in [7, 11) is 0. The van der Waals surface area contributed by atoms with Crippen LogP contribution in [0.3, 0.4) is 0 Å². The number of aliphatic carboxylic acids is 1. The summed E-state index contributed by atoms with van der Waals surface area (Å²) >= 11 is 1.58. The highest BCUT2D eigenvalue weighted by atomic mass is 32.2. The van der Waals surface area contributed by atoms with Crippen molar-refractivity contribution >= 4 is 17.7 Å². The largest absolute Gasteiger partial charge is 0.481 e. The van der Waals surface area contributed by atoms with Crippen molar-refractivity contribution in [3.05, 3.63) is 5.82 Å². The molecule has 1 aromatic rings. The Morgan fingerprint density at radius 3 is 2.94 bits per heavy atom. The van der Waals surface area contributed by atoms with Crippen LogP contribution >= 0.6 is 11.8 Å². The molecule has 2 heterocycles. The third-order valence-corrected chi connectivity index (χ3v) is 4.62. The number of aromatic nitrogens is 3. The molecule has 3 rings (SSSR count). The van der Waals surface area contributed by atoms with Gasteiger partial charge in [0.15, 0.2) is 5.82 Å². The molecule has 0 bridgehead atoms. The Morgan fingerprint density at radius 2 is 2.22 bits per heavy atom. The zero-order valence-electron chi connectivity index (χ0n) is 10.0. The summed E-state index contributed by atoms with van der Waals surface area (Å²) in [6, 6.07) is -0.0452. The third-order valence-electron chi connectivity index (χ3n) is 3.53. The van der Waals surface area contributed by atoms with Gasteiger partial charge in [0.05, 0.1) is 12.5 Å². The quantitative estimate of drug-likeness (QED) is 0.863. The lowest BCUT2D eigenvalue weighted by Gasteiger charge is -2.26. The second-order valence-electron chi connectivity index (χ2n) is 4.89. The van der Waals surface area contributed by atoms with E-state index in [4.69, 9.17) is 5.11 Å². The van der Waals surface area contributed by atoms with Crippen molar-refractivity contribution in [1.29, 1.82) is 0 Å². The smallest absolute Gasteiger partial charge is 0.305 e. The molecular formula is C11H16N4O2S. The molecule has 98 valence electrons. The fourth-order valence-electron chi connectivity index (χ4n) is 2.65. The molecule has 18 heavy (non-hydrogen) atoms. The zero-order valence-corrected chi connectivity index (χ0v) is 10.8. The first-order valence-corrected chi connectivity index (χ1v) is 7.29. The average molecular weight is 268 g/mol. The van der Waals surface area contributed by atoms with Gasteiger partial charge in [0.2, 0.25) is 5.16 Å². The first kappa shape index (κ1) is 11.8. The lowest BCUT2D eigenvalue weighted by Crippen LogP contribution is -2.37. The van der Waals surface area contributed by atoms with Gasteiger partial charge in [-0.15, -0.1) is 10.2 Å². The van der Waals surface area contributed by atoms with Gasteiger partial charge in [-0.05, 0) is 12.8 Å². The molecule has 1 aliphatic heterocycles. The molecule has 1 aromatic heterocycles. The van der Waals surface area contributed by atoms with Gasteiger partial charge in [0.25, 0.3) is 0 Å². The number of fused-ring (bicyclic) bond motifs is 1. The molecule has 6 nitrogen and oxygen atoms in total. The number of carboxylic acid groups (broad SMARTS) is 1. The van der Waals surface area contributed by atoms with E-state index < -0.39 is 5.97 Å². The maximum Gasteiger partial charge on any atom is 0.305 e. The number of nitrogens with zero attached hydrogens (tertiary/aromatic N) is 3. The normalized spacial score (nSPS) is 23.7. The maximum atomic E-state index is 10.8. The van der Waals surface area contributed by atoms with Crippen molar-refractivity contribution in [3.8, 4) is 0 Å². The molecule has 0 aromatic carbocycles. The summed E-state index contributed by atoms with van der Waals surface area (Å²) in [6.07, 6.45) is 4.95. The van der Waals surface area contributed by atoms with E-state index >= 15 is 0 Å². The van der Waals surface area contributed by atoms with Crippen LogP contribution in [0.4, 0.5) is 0 Å². The van der Waals surface area contributed by atoms with E-state index in [1.807, 2.05) is 4.68 Å². The fraction of sp³-hybridized carbons (Fsp3) is 0.727. The molecule has 0 amide bonds. The Bertz CT molecular complexity index is 456. The number of thioether (sulfide) groups is 1. The monoisotopic (exact) mass is 268 g/mol. The van der Waals surface area contributed by atoms with Gasteiger partial charge in [-0.2, -0.15) is 0 Å². The lowest BCUT2D eigenvalue weighted by atomic mass is 10.1. The Hall–Kier alpha value is -1.24. The van der Waals surface area contributed by atoms with Crippen LogP contribution in [0.25, 0.3) is 0 Å². The van der Waals surface area contributed by atoms with Crippen molar-refractivity contribution < 1.29 is 9.90 Å². The van der Waals surface area contributed by atoms with Crippen LogP contribution < -0.4 is 5.43 Å². The first-order valence-electron chi connectivity index (χ1n) is 6.30. The highest BCUT2D eigenvalue weighted by Gasteiger charge is 2.29. The number of carboxylic acids is 1. The second kappa shape index (κ2) is 4.79. The van der Waals surface area contributed by atoms with E-state index in [0.29, 0.717) is 5.92 Å². The Morgan fingerprint density at radius 1 is 1.44 bits per heavy atom. The van der Waals surface area contributed by atoms with Crippen molar-refractivity contribution in [3.63, 3.8) is 0 Å². The molecule has 1 saturated carbocycles. The van der Waals surface area contributed by atoms with Crippen molar-refractivity contribution in [1.82, 2.24) is 14.9 Å². The number of hydrogen-bond donors (Lipinski definition) is 2. The van der Waals surface area contributed by atoms with Crippen LogP contribution in [-0.4, -0.2) is 37.7 Å². The summed E-state index contributed by atoms with van der Waals surface area (Å²) < 4.78 is 1.91. The van der Waals surface area contributed by atoms with Gasteiger partial charge >= 0.3 is 5.97 Å². The van der Waals surface area contributed by atoms with Gasteiger partial charge < -0.3 is 10.5 Å². The molecule has 1 atom stereocenters. The molecule has 2 N–H and O–H groups in total. The molecule has 0 radical (unpaired) electrons. The minimum atomic E-state index is -0.771. The molecule has 0 spiro atoms. The van der Waals surface area contributed by atoms with Gasteiger partial charge in [0.1, 0.15) is 0 Å². The number of hydrogen-bond acceptors (Lipinski definition) is 5. The van der Waals surface area contributed by atoms with E-state index in [1.54, 1.807) is 11.8 Å². The van der Waals surface area contributed by atoms with Crippen LogP contribution in [-0.2, 0) is 4.79 Å². The second-order valence-corrected chi connectivity index (χ2v) is 5.88. The predicted octanol–water partition coefficient (Wildman–Crippen LogP) is 1.43. The molecule has 1 aliphatic carbocycles. The van der Waals surface area contributed by atoms with Crippen LogP contribution in [0.15, 0.2) is 5.16 Å². The van der Waals surface area contributed by atoms with Crippen LogP contribution in [0.5, 0.6) is 0 Å². The third kappa shape index (κ3) is 2.19. The number of rotatable bonds is 3. The lowest BCUT2D eigenvalue weighted by molar-refractivity contribution is -0.137. The summed E-state index contributed by atoms with van der Waals surface area (Å²) in [5.41, 5.74) is 3.24. The molecule has 0 saturated heterocycles. The molecule has 1 unspecified atom stereocenters. The van der Waals surface area contributed by atoms with Gasteiger partial charge in [0, 0.05) is 11.7 Å². The highest BCUT2D eigenvalue weighted by Crippen LogP contribution is 2.35. The summed E-state index contributed by atoms with van der Waals surface area (Å²) in [5, 5.41) is 18.2. The highest BCUT2D eigenvalue weighted by molar-refractivity contribution is 7.99. The zero-order chi connectivity index (χ0) is 12.5. The number of carbonyl (C=O) groups is 1. The summed E-state index contributed by atoms with van der Waals surface area (Å²) in [5.74, 6) is 1.41. The van der Waals surface area contributed by atoms with Crippen LogP contribution in [0.1, 0.15) is 43.8 Å². The van der Waals surface area contributed by atoms with E-state index in [9.17, 15) is 4.79 Å². The van der Waals surface area contributed by atoms with Crippen molar-refractivity contribution in [2.45, 2.75) is 49.2 Å². The SMILES string of the molecule is O=C(O)CC1CSc2nnc(C3CCCC3)n2N1. The summed E-state index contributed by atoms with van der Waals surface area (Å²) in [6.45, 7) is 0. The van der Waals surface area contributed by atoms with E-state index in [1.165, 1.54) is 12.8 Å². The number of nitrogens with one attached hydrogen (secondary N) is 1. The molecular weight excluding hydrogens is 252 g/mol. The standard InChI is InChI=1S/C11H16N4O2S/c16-9(17)5-8-6-18-11-13-12-10(15(11)14-8)7-3-1-2-4-7/h7-8,14H,1-6H2,(H,16,17). The topological polar surface area (TPSA) is 80.0 Å². The molecule has 1 fully saturated rings. The van der Waals surface area contributed by atoms with Gasteiger partial charge in [-0.3, -0.25) is 4.79 Å². The van der Waals surface area contributed by atoms with Crippen molar-refractivity contribution in [2.75, 3.05) is 11.2 Å². The Labute approximate surface area is 109 Å². The van der Waals surface area contributed by atoms with Crippen molar-refractivity contribution in [2.24, 2.45) is 0 Å². The minimum absolute atomic E-state index is 0.0452. The average Bonchev–Trinajstić information content (AvgIpc) is 2.94. The predicted molar refractivity (Wildman–Crippen MR) is 67.4 cm³/mol. The Kier molecular flexibility index (Phi) is 3.15. The molecule has 2 aliphatic rings. The molecule has 7 heteroatoms. The summed E-state index contributed by atoms with van der Waals surface area (Å²) in [4.78, 5) is 10.8.